The second-order valence-corrected chi connectivity index (χ2v) is 6.42. The van der Waals surface area contributed by atoms with E-state index < -0.39 is 0 Å². The molecule has 108 valence electrons. The second-order valence-electron chi connectivity index (χ2n) is 6.42. The van der Waals surface area contributed by atoms with Gasteiger partial charge < -0.3 is 10.1 Å². The highest BCUT2D eigenvalue weighted by molar-refractivity contribution is 4.82. The van der Waals surface area contributed by atoms with Gasteiger partial charge in [-0.05, 0) is 60.0 Å². The van der Waals surface area contributed by atoms with E-state index >= 15 is 0 Å². The lowest BCUT2D eigenvalue weighted by atomic mass is 10.0. The lowest BCUT2D eigenvalue weighted by Crippen LogP contribution is -2.52. The summed E-state index contributed by atoms with van der Waals surface area (Å²) < 4.78 is 5.93. The van der Waals surface area contributed by atoms with Gasteiger partial charge in [0.25, 0.3) is 0 Å². The SMILES string of the molecule is CCCNC(C)CCCN1CC(C)OC(C)(C)C1. The van der Waals surface area contributed by atoms with E-state index in [1.165, 1.54) is 25.8 Å². The maximum Gasteiger partial charge on any atom is 0.0757 e. The molecule has 0 bridgehead atoms. The average molecular weight is 256 g/mol. The molecule has 18 heavy (non-hydrogen) atoms. The standard InChI is InChI=1S/C15H32N2O/c1-6-9-16-13(2)8-7-10-17-11-14(3)18-15(4,5)12-17/h13-14,16H,6-12H2,1-5H3. The van der Waals surface area contributed by atoms with Crippen LogP contribution in [0.4, 0.5) is 0 Å². The highest BCUT2D eigenvalue weighted by Crippen LogP contribution is 2.20. The predicted molar refractivity (Wildman–Crippen MR) is 78.1 cm³/mol. The Labute approximate surface area is 113 Å². The summed E-state index contributed by atoms with van der Waals surface area (Å²) in [5.41, 5.74) is 0.0176. The number of morpholine rings is 1. The van der Waals surface area contributed by atoms with Gasteiger partial charge in [0.1, 0.15) is 0 Å². The summed E-state index contributed by atoms with van der Waals surface area (Å²) in [5.74, 6) is 0. The Morgan fingerprint density at radius 3 is 2.78 bits per heavy atom. The predicted octanol–water partition coefficient (Wildman–Crippen LogP) is 2.65. The van der Waals surface area contributed by atoms with Crippen LogP contribution in [0.2, 0.25) is 0 Å². The van der Waals surface area contributed by atoms with E-state index in [-0.39, 0.29) is 5.60 Å². The molecule has 0 saturated carbocycles. The smallest absolute Gasteiger partial charge is 0.0757 e. The van der Waals surface area contributed by atoms with E-state index in [4.69, 9.17) is 4.74 Å². The second kappa shape index (κ2) is 7.46. The van der Waals surface area contributed by atoms with Gasteiger partial charge in [-0.25, -0.2) is 0 Å². The lowest BCUT2D eigenvalue weighted by molar-refractivity contribution is -0.128. The molecule has 0 aromatic heterocycles. The molecule has 0 amide bonds. The molecule has 0 aliphatic carbocycles. The number of nitrogens with one attached hydrogen (secondary N) is 1. The molecule has 1 fully saturated rings. The third-order valence-electron chi connectivity index (χ3n) is 3.49. The lowest BCUT2D eigenvalue weighted by Gasteiger charge is -2.41. The van der Waals surface area contributed by atoms with Crippen molar-refractivity contribution in [2.24, 2.45) is 0 Å². The fraction of sp³-hybridized carbons (Fsp3) is 1.00. The molecule has 2 unspecified atom stereocenters. The molecule has 1 heterocycles. The first-order valence-corrected chi connectivity index (χ1v) is 7.56. The van der Waals surface area contributed by atoms with Crippen LogP contribution in [-0.4, -0.2) is 48.8 Å². The summed E-state index contributed by atoms with van der Waals surface area (Å²) in [6.07, 6.45) is 4.14. The Bertz CT molecular complexity index is 231. The van der Waals surface area contributed by atoms with E-state index in [9.17, 15) is 0 Å². The number of nitrogens with zero attached hydrogens (tertiary/aromatic N) is 1. The van der Waals surface area contributed by atoms with Crippen LogP contribution >= 0.6 is 0 Å². The van der Waals surface area contributed by atoms with Gasteiger partial charge in [-0.3, -0.25) is 4.90 Å². The topological polar surface area (TPSA) is 24.5 Å². The third-order valence-corrected chi connectivity index (χ3v) is 3.49. The van der Waals surface area contributed by atoms with Gasteiger partial charge in [0.2, 0.25) is 0 Å². The first kappa shape index (κ1) is 15.9. The van der Waals surface area contributed by atoms with Crippen LogP contribution in [0.5, 0.6) is 0 Å². The molecule has 3 heteroatoms. The van der Waals surface area contributed by atoms with Gasteiger partial charge in [0.05, 0.1) is 11.7 Å². The third kappa shape index (κ3) is 6.17. The van der Waals surface area contributed by atoms with Crippen LogP contribution in [0, 0.1) is 0 Å². The molecule has 1 aliphatic heterocycles. The van der Waals surface area contributed by atoms with Crippen LogP contribution in [0.15, 0.2) is 0 Å². The largest absolute Gasteiger partial charge is 0.370 e. The van der Waals surface area contributed by atoms with Crippen molar-refractivity contribution in [3.63, 3.8) is 0 Å². The van der Waals surface area contributed by atoms with Crippen molar-refractivity contribution in [3.8, 4) is 0 Å². The van der Waals surface area contributed by atoms with Crippen molar-refractivity contribution in [2.45, 2.75) is 71.6 Å². The van der Waals surface area contributed by atoms with E-state index in [2.05, 4.69) is 44.8 Å². The summed E-state index contributed by atoms with van der Waals surface area (Å²) in [5, 5.41) is 3.55. The van der Waals surface area contributed by atoms with E-state index in [1.807, 2.05) is 0 Å². The van der Waals surface area contributed by atoms with E-state index in [0.29, 0.717) is 12.1 Å². The van der Waals surface area contributed by atoms with Crippen molar-refractivity contribution >= 4 is 0 Å². The fourth-order valence-electron chi connectivity index (χ4n) is 2.87. The van der Waals surface area contributed by atoms with Crippen LogP contribution in [0.25, 0.3) is 0 Å². The van der Waals surface area contributed by atoms with Crippen LogP contribution in [0.1, 0.15) is 53.9 Å². The first-order valence-electron chi connectivity index (χ1n) is 7.56. The minimum atomic E-state index is 0.0176. The summed E-state index contributed by atoms with van der Waals surface area (Å²) in [7, 11) is 0. The molecule has 0 spiro atoms. The van der Waals surface area contributed by atoms with Gasteiger partial charge >= 0.3 is 0 Å². The quantitative estimate of drug-likeness (QED) is 0.758. The number of hydrogen-bond acceptors (Lipinski definition) is 3. The molecule has 3 nitrogen and oxygen atoms in total. The van der Waals surface area contributed by atoms with E-state index in [1.54, 1.807) is 0 Å². The maximum atomic E-state index is 5.93. The van der Waals surface area contributed by atoms with Gasteiger partial charge in [-0.2, -0.15) is 0 Å². The van der Waals surface area contributed by atoms with Crippen molar-refractivity contribution in [1.82, 2.24) is 10.2 Å². The summed E-state index contributed by atoms with van der Waals surface area (Å²) in [4.78, 5) is 2.56. The van der Waals surface area contributed by atoms with Gasteiger partial charge in [-0.1, -0.05) is 6.92 Å². The fourth-order valence-corrected chi connectivity index (χ4v) is 2.87. The van der Waals surface area contributed by atoms with Gasteiger partial charge in [0.15, 0.2) is 0 Å². The minimum absolute atomic E-state index is 0.0176. The average Bonchev–Trinajstić information content (AvgIpc) is 2.23. The number of ether oxygens (including phenoxy) is 1. The van der Waals surface area contributed by atoms with Crippen molar-refractivity contribution in [3.05, 3.63) is 0 Å². The Kier molecular flexibility index (Phi) is 6.61. The Morgan fingerprint density at radius 1 is 1.44 bits per heavy atom. The Balaban J connectivity index is 2.18. The van der Waals surface area contributed by atoms with Crippen molar-refractivity contribution < 1.29 is 4.74 Å². The summed E-state index contributed by atoms with van der Waals surface area (Å²) in [6.45, 7) is 15.6. The molecule has 1 rings (SSSR count). The summed E-state index contributed by atoms with van der Waals surface area (Å²) >= 11 is 0. The normalized spacial score (nSPS) is 26.2. The highest BCUT2D eigenvalue weighted by atomic mass is 16.5. The summed E-state index contributed by atoms with van der Waals surface area (Å²) in [6, 6.07) is 0.649. The van der Waals surface area contributed by atoms with Crippen LogP contribution < -0.4 is 5.32 Å². The van der Waals surface area contributed by atoms with Crippen LogP contribution in [-0.2, 0) is 4.74 Å². The van der Waals surface area contributed by atoms with Crippen LogP contribution in [0.3, 0.4) is 0 Å². The molecular formula is C15H32N2O. The monoisotopic (exact) mass is 256 g/mol. The highest BCUT2D eigenvalue weighted by Gasteiger charge is 2.30. The molecule has 0 radical (unpaired) electrons. The molecule has 1 aliphatic rings. The zero-order valence-corrected chi connectivity index (χ0v) is 13.0. The molecule has 2 atom stereocenters. The zero-order valence-electron chi connectivity index (χ0n) is 13.0. The Morgan fingerprint density at radius 2 is 2.17 bits per heavy atom. The van der Waals surface area contributed by atoms with Crippen molar-refractivity contribution in [1.29, 1.82) is 0 Å². The molecule has 1 N–H and O–H groups in total. The van der Waals surface area contributed by atoms with E-state index in [0.717, 1.165) is 19.6 Å². The Hall–Kier alpha value is -0.120. The first-order chi connectivity index (χ1) is 8.43. The number of rotatable bonds is 7. The minimum Gasteiger partial charge on any atom is -0.370 e. The maximum absolute atomic E-state index is 5.93. The molecular weight excluding hydrogens is 224 g/mol. The molecule has 1 saturated heterocycles. The number of hydrogen-bond donors (Lipinski definition) is 1. The van der Waals surface area contributed by atoms with Crippen molar-refractivity contribution in [2.75, 3.05) is 26.2 Å². The van der Waals surface area contributed by atoms with Gasteiger partial charge in [-0.15, -0.1) is 0 Å². The van der Waals surface area contributed by atoms with Gasteiger partial charge in [0, 0.05) is 19.1 Å². The molecule has 0 aromatic carbocycles. The molecule has 0 aromatic rings. The zero-order chi connectivity index (χ0) is 13.6.